The Bertz CT molecular complexity index is 546. The Hall–Kier alpha value is -1.07. The van der Waals surface area contributed by atoms with Crippen LogP contribution in [-0.2, 0) is 6.54 Å². The van der Waals surface area contributed by atoms with Crippen LogP contribution in [0.5, 0.6) is 5.75 Å². The van der Waals surface area contributed by atoms with Crippen LogP contribution < -0.4 is 5.32 Å². The molecule has 1 aromatic heterocycles. The second-order valence-corrected chi connectivity index (χ2v) is 5.17. The largest absolute Gasteiger partial charge is 0.508 e. The summed E-state index contributed by atoms with van der Waals surface area (Å²) < 4.78 is 2.93. The van der Waals surface area contributed by atoms with E-state index in [-0.39, 0.29) is 5.75 Å². The molecule has 0 radical (unpaired) electrons. The molecule has 5 heteroatoms. The molecule has 0 saturated carbocycles. The number of phenolic OH excluding ortho intramolecular Hbond substituents is 1. The van der Waals surface area contributed by atoms with Gasteiger partial charge in [0, 0.05) is 18.7 Å². The maximum atomic E-state index is 9.55. The number of hydrogen-bond acceptors (Lipinski definition) is 3. The van der Waals surface area contributed by atoms with Gasteiger partial charge >= 0.3 is 0 Å². The molecule has 0 aliphatic carbocycles. The van der Waals surface area contributed by atoms with Crippen LogP contribution in [0.15, 0.2) is 22.9 Å². The lowest BCUT2D eigenvalue weighted by molar-refractivity contribution is 0.475. The summed E-state index contributed by atoms with van der Waals surface area (Å²) in [5.74, 6) is 0.283. The summed E-state index contributed by atoms with van der Waals surface area (Å²) in [5, 5.41) is 13.0. The van der Waals surface area contributed by atoms with E-state index in [2.05, 4.69) is 30.8 Å². The molecule has 2 aromatic rings. The quantitative estimate of drug-likeness (QED) is 0.893. The van der Waals surface area contributed by atoms with Gasteiger partial charge in [-0.05, 0) is 47.4 Å². The predicted molar refractivity (Wildman–Crippen MR) is 70.1 cm³/mol. The Balaban J connectivity index is 2.01. The fraction of sp³-hybridized carbons (Fsp3) is 0.417. The number of halogens is 1. The minimum atomic E-state index is 0.283. The van der Waals surface area contributed by atoms with Crippen molar-refractivity contribution >= 4 is 27.0 Å². The van der Waals surface area contributed by atoms with Gasteiger partial charge in [-0.1, -0.05) is 0 Å². The molecule has 1 saturated heterocycles. The minimum Gasteiger partial charge on any atom is -0.508 e. The number of aromatic nitrogens is 2. The number of hydrogen-bond donors (Lipinski definition) is 2. The molecular formula is C12H14BrN3O. The highest BCUT2D eigenvalue weighted by atomic mass is 79.9. The van der Waals surface area contributed by atoms with Crippen LogP contribution in [0.3, 0.4) is 0 Å². The molecule has 3 rings (SSSR count). The fourth-order valence-electron chi connectivity index (χ4n) is 2.39. The number of rotatable bonds is 2. The summed E-state index contributed by atoms with van der Waals surface area (Å²) in [5.41, 5.74) is 1.89. The third-order valence-electron chi connectivity index (χ3n) is 3.25. The molecule has 1 atom stereocenters. The summed E-state index contributed by atoms with van der Waals surface area (Å²) >= 11 is 3.48. The van der Waals surface area contributed by atoms with Crippen molar-refractivity contribution in [1.82, 2.24) is 14.9 Å². The first-order valence-electron chi connectivity index (χ1n) is 5.82. The third-order valence-corrected chi connectivity index (χ3v) is 3.86. The Morgan fingerprint density at radius 2 is 2.41 bits per heavy atom. The van der Waals surface area contributed by atoms with Crippen molar-refractivity contribution in [3.63, 3.8) is 0 Å². The molecule has 2 N–H and O–H groups in total. The summed E-state index contributed by atoms with van der Waals surface area (Å²) in [6.07, 6.45) is 2.44. The number of phenols is 1. The van der Waals surface area contributed by atoms with Crippen LogP contribution >= 0.6 is 15.9 Å². The van der Waals surface area contributed by atoms with E-state index in [0.29, 0.717) is 6.04 Å². The average molecular weight is 296 g/mol. The molecule has 1 aliphatic heterocycles. The lowest BCUT2D eigenvalue weighted by atomic mass is 10.2. The van der Waals surface area contributed by atoms with Crippen molar-refractivity contribution < 1.29 is 5.11 Å². The molecule has 1 unspecified atom stereocenters. The Morgan fingerprint density at radius 1 is 1.53 bits per heavy atom. The smallest absolute Gasteiger partial charge is 0.178 e. The van der Waals surface area contributed by atoms with Crippen molar-refractivity contribution in [1.29, 1.82) is 0 Å². The van der Waals surface area contributed by atoms with Crippen molar-refractivity contribution in [3.8, 4) is 5.75 Å². The highest BCUT2D eigenvalue weighted by Gasteiger charge is 2.17. The standard InChI is InChI=1S/C12H14BrN3O/c13-12-15-10-4-3-9(17)6-11(10)16(12)7-8-2-1-5-14-8/h3-4,6,8,14,17H,1-2,5,7H2. The van der Waals surface area contributed by atoms with E-state index in [1.165, 1.54) is 12.8 Å². The summed E-state index contributed by atoms with van der Waals surface area (Å²) in [6, 6.07) is 5.78. The molecule has 1 fully saturated rings. The second-order valence-electron chi connectivity index (χ2n) is 4.46. The third kappa shape index (κ3) is 2.05. The summed E-state index contributed by atoms with van der Waals surface area (Å²) in [4.78, 5) is 4.44. The van der Waals surface area contributed by atoms with E-state index < -0.39 is 0 Å². The highest BCUT2D eigenvalue weighted by Crippen LogP contribution is 2.25. The first-order valence-corrected chi connectivity index (χ1v) is 6.61. The molecule has 90 valence electrons. The van der Waals surface area contributed by atoms with Crippen molar-refractivity contribution in [2.45, 2.75) is 25.4 Å². The summed E-state index contributed by atoms with van der Waals surface area (Å²) in [6.45, 7) is 1.99. The van der Waals surface area contributed by atoms with E-state index >= 15 is 0 Å². The molecule has 1 aromatic carbocycles. The summed E-state index contributed by atoms with van der Waals surface area (Å²) in [7, 11) is 0. The Labute approximate surface area is 108 Å². The van der Waals surface area contributed by atoms with Gasteiger partial charge in [0.05, 0.1) is 11.0 Å². The number of fused-ring (bicyclic) bond motifs is 1. The molecule has 1 aliphatic rings. The van der Waals surface area contributed by atoms with E-state index in [0.717, 1.165) is 28.9 Å². The SMILES string of the molecule is Oc1ccc2nc(Br)n(CC3CCCN3)c2c1. The van der Waals surface area contributed by atoms with Crippen molar-refractivity contribution in [2.75, 3.05) is 6.54 Å². The monoisotopic (exact) mass is 295 g/mol. The average Bonchev–Trinajstić information content (AvgIpc) is 2.90. The van der Waals surface area contributed by atoms with Gasteiger partial charge in [0.25, 0.3) is 0 Å². The molecule has 2 heterocycles. The topological polar surface area (TPSA) is 50.1 Å². The Morgan fingerprint density at radius 3 is 3.18 bits per heavy atom. The van der Waals surface area contributed by atoms with Gasteiger partial charge in [-0.15, -0.1) is 0 Å². The Kier molecular flexibility index (Phi) is 2.80. The molecular weight excluding hydrogens is 282 g/mol. The molecule has 4 nitrogen and oxygen atoms in total. The maximum absolute atomic E-state index is 9.55. The number of nitrogens with zero attached hydrogens (tertiary/aromatic N) is 2. The van der Waals surface area contributed by atoms with Gasteiger partial charge in [-0.2, -0.15) is 0 Å². The van der Waals surface area contributed by atoms with Crippen LogP contribution in [0, 0.1) is 0 Å². The fourth-order valence-corrected chi connectivity index (χ4v) is 2.92. The van der Waals surface area contributed by atoms with Crippen molar-refractivity contribution in [2.24, 2.45) is 0 Å². The zero-order valence-electron chi connectivity index (χ0n) is 9.36. The van der Waals surface area contributed by atoms with E-state index in [1.54, 1.807) is 12.1 Å². The van der Waals surface area contributed by atoms with Gasteiger partial charge in [-0.3, -0.25) is 0 Å². The number of benzene rings is 1. The van der Waals surface area contributed by atoms with Gasteiger partial charge in [0.15, 0.2) is 4.73 Å². The zero-order valence-corrected chi connectivity index (χ0v) is 10.9. The number of imidazole rings is 1. The van der Waals surface area contributed by atoms with Crippen LogP contribution in [-0.4, -0.2) is 27.2 Å². The van der Waals surface area contributed by atoms with Crippen LogP contribution in [0.1, 0.15) is 12.8 Å². The van der Waals surface area contributed by atoms with Gasteiger partial charge < -0.3 is 15.0 Å². The predicted octanol–water partition coefficient (Wildman–Crippen LogP) is 2.26. The van der Waals surface area contributed by atoms with Gasteiger partial charge in [-0.25, -0.2) is 4.98 Å². The second kappa shape index (κ2) is 4.31. The number of nitrogens with one attached hydrogen (secondary N) is 1. The normalized spacial score (nSPS) is 20.2. The van der Waals surface area contributed by atoms with Crippen LogP contribution in [0.2, 0.25) is 0 Å². The number of aromatic hydroxyl groups is 1. The van der Waals surface area contributed by atoms with Crippen molar-refractivity contribution in [3.05, 3.63) is 22.9 Å². The first kappa shape index (κ1) is 11.0. The van der Waals surface area contributed by atoms with Crippen LogP contribution in [0.25, 0.3) is 11.0 Å². The molecule has 0 spiro atoms. The van der Waals surface area contributed by atoms with Gasteiger partial charge in [0.1, 0.15) is 5.75 Å². The van der Waals surface area contributed by atoms with E-state index in [9.17, 15) is 5.11 Å². The van der Waals surface area contributed by atoms with Crippen LogP contribution in [0.4, 0.5) is 0 Å². The molecule has 0 amide bonds. The minimum absolute atomic E-state index is 0.283. The lowest BCUT2D eigenvalue weighted by Gasteiger charge is -2.12. The lowest BCUT2D eigenvalue weighted by Crippen LogP contribution is -2.26. The van der Waals surface area contributed by atoms with E-state index in [4.69, 9.17) is 0 Å². The van der Waals surface area contributed by atoms with E-state index in [1.807, 2.05) is 6.07 Å². The first-order chi connectivity index (χ1) is 8.24. The molecule has 0 bridgehead atoms. The molecule has 17 heavy (non-hydrogen) atoms. The van der Waals surface area contributed by atoms with Gasteiger partial charge in [0.2, 0.25) is 0 Å². The maximum Gasteiger partial charge on any atom is 0.178 e. The zero-order chi connectivity index (χ0) is 11.8. The highest BCUT2D eigenvalue weighted by molar-refractivity contribution is 9.10.